The van der Waals surface area contributed by atoms with E-state index in [0.717, 1.165) is 51.4 Å². The molecule has 5 heteroatoms. The van der Waals surface area contributed by atoms with Gasteiger partial charge in [0.15, 0.2) is 0 Å². The number of carbonyl (C=O) groups excluding carboxylic acids is 1. The number of para-hydroxylation sites is 1. The van der Waals surface area contributed by atoms with Gasteiger partial charge in [0.2, 0.25) is 0 Å². The lowest BCUT2D eigenvalue weighted by Crippen LogP contribution is -2.45. The highest BCUT2D eigenvalue weighted by atomic mass is 16.1. The number of rotatable bonds is 7. The minimum Gasteiger partial charge on any atom is -0.369 e. The zero-order valence-electron chi connectivity index (χ0n) is 17.9. The van der Waals surface area contributed by atoms with E-state index in [1.165, 1.54) is 43.6 Å². The second kappa shape index (κ2) is 10.6. The summed E-state index contributed by atoms with van der Waals surface area (Å²) in [5, 5.41) is 3.10. The minimum absolute atomic E-state index is 0.0442. The van der Waals surface area contributed by atoms with Gasteiger partial charge in [-0.25, -0.2) is 0 Å². The highest BCUT2D eigenvalue weighted by Gasteiger charge is 2.17. The number of carbonyl (C=O) groups is 1. The predicted octanol–water partition coefficient (Wildman–Crippen LogP) is 3.22. The van der Waals surface area contributed by atoms with E-state index in [1.807, 2.05) is 12.1 Å². The Kier molecular flexibility index (Phi) is 7.38. The van der Waals surface area contributed by atoms with Crippen molar-refractivity contribution in [3.05, 3.63) is 65.7 Å². The van der Waals surface area contributed by atoms with Gasteiger partial charge in [-0.05, 0) is 55.8 Å². The van der Waals surface area contributed by atoms with Crippen LogP contribution >= 0.6 is 0 Å². The molecule has 2 aromatic carbocycles. The van der Waals surface area contributed by atoms with Crippen LogP contribution in [0.25, 0.3) is 0 Å². The molecule has 2 aliphatic heterocycles. The molecule has 0 unspecified atom stereocenters. The van der Waals surface area contributed by atoms with E-state index in [2.05, 4.69) is 62.5 Å². The van der Waals surface area contributed by atoms with Gasteiger partial charge in [0.05, 0.1) is 0 Å². The predicted molar refractivity (Wildman–Crippen MR) is 123 cm³/mol. The largest absolute Gasteiger partial charge is 0.369 e. The first-order valence-corrected chi connectivity index (χ1v) is 11.4. The zero-order chi connectivity index (χ0) is 20.6. The molecule has 1 amide bonds. The second-order valence-corrected chi connectivity index (χ2v) is 8.46. The third-order valence-electron chi connectivity index (χ3n) is 6.25. The van der Waals surface area contributed by atoms with Crippen LogP contribution in [0.1, 0.15) is 35.2 Å². The van der Waals surface area contributed by atoms with Crippen molar-refractivity contribution in [2.24, 2.45) is 0 Å². The number of hydrogen-bond donors (Lipinski definition) is 1. The van der Waals surface area contributed by atoms with Crippen molar-refractivity contribution in [2.45, 2.75) is 25.8 Å². The van der Waals surface area contributed by atoms with Crippen molar-refractivity contribution in [3.8, 4) is 0 Å². The first kappa shape index (κ1) is 20.9. The fourth-order valence-electron chi connectivity index (χ4n) is 4.48. The van der Waals surface area contributed by atoms with Crippen molar-refractivity contribution in [1.29, 1.82) is 0 Å². The normalized spacial score (nSPS) is 18.3. The number of benzene rings is 2. The van der Waals surface area contributed by atoms with Crippen LogP contribution in [0.3, 0.4) is 0 Å². The quantitative estimate of drug-likeness (QED) is 0.766. The van der Waals surface area contributed by atoms with Crippen molar-refractivity contribution >= 4 is 11.6 Å². The fourth-order valence-corrected chi connectivity index (χ4v) is 4.48. The maximum Gasteiger partial charge on any atom is 0.251 e. The standard InChI is InChI=1S/C25H34N4O/c30-25(26-12-15-27-13-5-2-6-14-27)23-9-7-8-22(20-23)21-28-16-18-29(19-17-28)24-10-3-1-4-11-24/h1,3-4,7-11,20H,2,5-6,12-19,21H2,(H,26,30). The molecule has 2 aliphatic rings. The van der Waals surface area contributed by atoms with Crippen molar-refractivity contribution in [2.75, 3.05) is 57.3 Å². The van der Waals surface area contributed by atoms with Crippen molar-refractivity contribution < 1.29 is 4.79 Å². The molecule has 1 N–H and O–H groups in total. The molecular weight excluding hydrogens is 372 g/mol. The highest BCUT2D eigenvalue weighted by Crippen LogP contribution is 2.17. The van der Waals surface area contributed by atoms with Gasteiger partial charge in [-0.2, -0.15) is 0 Å². The van der Waals surface area contributed by atoms with Gasteiger partial charge in [0, 0.05) is 57.1 Å². The number of nitrogens with zero attached hydrogens (tertiary/aromatic N) is 3. The lowest BCUT2D eigenvalue weighted by atomic mass is 10.1. The van der Waals surface area contributed by atoms with Crippen LogP contribution in [0.15, 0.2) is 54.6 Å². The van der Waals surface area contributed by atoms with Gasteiger partial charge in [0.25, 0.3) is 5.91 Å². The Bertz CT molecular complexity index is 796. The zero-order valence-corrected chi connectivity index (χ0v) is 17.9. The molecule has 0 aromatic heterocycles. The van der Waals surface area contributed by atoms with Gasteiger partial charge in [-0.3, -0.25) is 9.69 Å². The van der Waals surface area contributed by atoms with Crippen molar-refractivity contribution in [1.82, 2.24) is 15.1 Å². The number of amides is 1. The molecule has 2 fully saturated rings. The molecule has 4 rings (SSSR count). The maximum atomic E-state index is 12.6. The molecule has 0 radical (unpaired) electrons. The van der Waals surface area contributed by atoms with E-state index in [-0.39, 0.29) is 5.91 Å². The highest BCUT2D eigenvalue weighted by molar-refractivity contribution is 5.94. The average molecular weight is 407 g/mol. The summed E-state index contributed by atoms with van der Waals surface area (Å²) >= 11 is 0. The molecule has 0 bridgehead atoms. The van der Waals surface area contributed by atoms with Crippen molar-refractivity contribution in [3.63, 3.8) is 0 Å². The lowest BCUT2D eigenvalue weighted by Gasteiger charge is -2.36. The Morgan fingerprint density at radius 2 is 1.57 bits per heavy atom. The lowest BCUT2D eigenvalue weighted by molar-refractivity contribution is 0.0946. The van der Waals surface area contributed by atoms with E-state index >= 15 is 0 Å². The Morgan fingerprint density at radius 1 is 0.800 bits per heavy atom. The molecule has 2 aromatic rings. The summed E-state index contributed by atoms with van der Waals surface area (Å²) in [7, 11) is 0. The fraction of sp³-hybridized carbons (Fsp3) is 0.480. The van der Waals surface area contributed by atoms with Gasteiger partial charge in [-0.1, -0.05) is 36.8 Å². The molecule has 0 saturated carbocycles. The molecular formula is C25H34N4O. The SMILES string of the molecule is O=C(NCCN1CCCCC1)c1cccc(CN2CCN(c3ccccc3)CC2)c1. The molecule has 0 aliphatic carbocycles. The molecule has 30 heavy (non-hydrogen) atoms. The van der Waals surface area contributed by atoms with Crippen LogP contribution in [-0.4, -0.2) is 68.1 Å². The van der Waals surface area contributed by atoms with Crippen LogP contribution < -0.4 is 10.2 Å². The molecule has 2 heterocycles. The summed E-state index contributed by atoms with van der Waals surface area (Å²) in [6, 6.07) is 18.8. The first-order valence-electron chi connectivity index (χ1n) is 11.4. The number of nitrogens with one attached hydrogen (secondary N) is 1. The van der Waals surface area contributed by atoms with Crippen LogP contribution in [0.4, 0.5) is 5.69 Å². The summed E-state index contributed by atoms with van der Waals surface area (Å²) in [5.41, 5.74) is 3.29. The Morgan fingerprint density at radius 3 is 2.33 bits per heavy atom. The van der Waals surface area contributed by atoms with Gasteiger partial charge >= 0.3 is 0 Å². The number of piperidine rings is 1. The Hall–Kier alpha value is -2.37. The first-order chi connectivity index (χ1) is 14.8. The summed E-state index contributed by atoms with van der Waals surface area (Å²) in [5.74, 6) is 0.0442. The molecule has 0 spiro atoms. The molecule has 0 atom stereocenters. The van der Waals surface area contributed by atoms with Crippen LogP contribution in [-0.2, 0) is 6.54 Å². The number of piperazine rings is 1. The van der Waals surface area contributed by atoms with Crippen LogP contribution in [0, 0.1) is 0 Å². The van der Waals surface area contributed by atoms with Crippen LogP contribution in [0.5, 0.6) is 0 Å². The number of likely N-dealkylation sites (tertiary alicyclic amines) is 1. The third kappa shape index (κ3) is 5.83. The third-order valence-corrected chi connectivity index (χ3v) is 6.25. The van der Waals surface area contributed by atoms with Crippen LogP contribution in [0.2, 0.25) is 0 Å². The summed E-state index contributed by atoms with van der Waals surface area (Å²) in [6.45, 7) is 9.09. The number of hydrogen-bond acceptors (Lipinski definition) is 4. The summed E-state index contributed by atoms with van der Waals surface area (Å²) < 4.78 is 0. The summed E-state index contributed by atoms with van der Waals surface area (Å²) in [4.78, 5) is 20.0. The Labute approximate surface area is 180 Å². The minimum atomic E-state index is 0.0442. The average Bonchev–Trinajstić information content (AvgIpc) is 2.81. The van der Waals surface area contributed by atoms with E-state index in [0.29, 0.717) is 0 Å². The second-order valence-electron chi connectivity index (χ2n) is 8.46. The summed E-state index contributed by atoms with van der Waals surface area (Å²) in [6.07, 6.45) is 3.92. The smallest absolute Gasteiger partial charge is 0.251 e. The van der Waals surface area contributed by atoms with E-state index in [4.69, 9.17) is 0 Å². The molecule has 160 valence electrons. The topological polar surface area (TPSA) is 38.8 Å². The number of anilines is 1. The monoisotopic (exact) mass is 406 g/mol. The van der Waals surface area contributed by atoms with E-state index in [1.54, 1.807) is 0 Å². The maximum absolute atomic E-state index is 12.6. The van der Waals surface area contributed by atoms with E-state index in [9.17, 15) is 4.79 Å². The van der Waals surface area contributed by atoms with Gasteiger partial charge < -0.3 is 15.1 Å². The van der Waals surface area contributed by atoms with Gasteiger partial charge in [-0.15, -0.1) is 0 Å². The van der Waals surface area contributed by atoms with Gasteiger partial charge in [0.1, 0.15) is 0 Å². The molecule has 2 saturated heterocycles. The molecule has 5 nitrogen and oxygen atoms in total. The van der Waals surface area contributed by atoms with E-state index < -0.39 is 0 Å². The Balaban J connectivity index is 1.23.